The monoisotopic (exact) mass is 425 g/mol. The van der Waals surface area contributed by atoms with E-state index in [1.807, 2.05) is 12.1 Å². The summed E-state index contributed by atoms with van der Waals surface area (Å²) in [5.41, 5.74) is 1.54. The van der Waals surface area contributed by atoms with E-state index in [2.05, 4.69) is 15.6 Å². The third-order valence-electron chi connectivity index (χ3n) is 3.58. The third-order valence-corrected chi connectivity index (χ3v) is 4.63. The molecule has 1 aromatic heterocycles. The second-order valence-electron chi connectivity index (χ2n) is 5.47. The molecule has 0 aliphatic carbocycles. The molecule has 152 valence electrons. The Morgan fingerprint density at radius 1 is 1.18 bits per heavy atom. The number of aromatic nitrogens is 1. The first-order chi connectivity index (χ1) is 13.5. The highest BCUT2D eigenvalue weighted by molar-refractivity contribution is 7.80. The van der Waals surface area contributed by atoms with Crippen molar-refractivity contribution in [3.63, 3.8) is 0 Å². The molecule has 0 aliphatic heterocycles. The smallest absolute Gasteiger partial charge is 0.311 e. The largest absolute Gasteiger partial charge is 0.493 e. The number of thiocarbonyl (C=S) groups is 1. The Hall–Kier alpha value is -2.59. The van der Waals surface area contributed by atoms with Crippen LogP contribution in [0, 0.1) is 0 Å². The van der Waals surface area contributed by atoms with Crippen molar-refractivity contribution < 1.29 is 23.7 Å². The van der Waals surface area contributed by atoms with Gasteiger partial charge in [0, 0.05) is 11.9 Å². The summed E-state index contributed by atoms with van der Waals surface area (Å²) in [6, 6.07) is 3.69. The first-order valence-corrected chi connectivity index (χ1v) is 9.73. The van der Waals surface area contributed by atoms with Crippen LogP contribution in [0.4, 0.5) is 5.13 Å². The van der Waals surface area contributed by atoms with Gasteiger partial charge in [-0.1, -0.05) is 0 Å². The van der Waals surface area contributed by atoms with Gasteiger partial charge in [-0.25, -0.2) is 4.98 Å². The number of esters is 1. The number of ether oxygens (including phenoxy) is 4. The predicted molar refractivity (Wildman–Crippen MR) is 112 cm³/mol. The fourth-order valence-electron chi connectivity index (χ4n) is 2.37. The summed E-state index contributed by atoms with van der Waals surface area (Å²) in [5, 5.41) is 8.91. The van der Waals surface area contributed by atoms with Crippen LogP contribution in [-0.2, 0) is 22.5 Å². The van der Waals surface area contributed by atoms with E-state index < -0.39 is 0 Å². The van der Waals surface area contributed by atoms with E-state index in [0.717, 1.165) is 5.56 Å². The quantitative estimate of drug-likeness (QED) is 0.465. The number of hydrogen-bond acceptors (Lipinski definition) is 8. The minimum atomic E-state index is -0.303. The number of anilines is 1. The van der Waals surface area contributed by atoms with Crippen molar-refractivity contribution in [1.29, 1.82) is 0 Å². The highest BCUT2D eigenvalue weighted by Gasteiger charge is 2.14. The first kappa shape index (κ1) is 21.7. The molecule has 0 spiro atoms. The van der Waals surface area contributed by atoms with Gasteiger partial charge in [-0.15, -0.1) is 11.3 Å². The lowest BCUT2D eigenvalue weighted by Gasteiger charge is -2.15. The zero-order valence-corrected chi connectivity index (χ0v) is 17.8. The van der Waals surface area contributed by atoms with Crippen molar-refractivity contribution in [1.82, 2.24) is 10.3 Å². The van der Waals surface area contributed by atoms with Gasteiger partial charge in [0.2, 0.25) is 5.75 Å². The summed E-state index contributed by atoms with van der Waals surface area (Å²) in [7, 11) is 4.69. The first-order valence-electron chi connectivity index (χ1n) is 8.44. The Balaban J connectivity index is 1.94. The zero-order valence-electron chi connectivity index (χ0n) is 16.2. The Kier molecular flexibility index (Phi) is 8.27. The van der Waals surface area contributed by atoms with E-state index in [1.54, 1.807) is 33.6 Å². The number of carbonyl (C=O) groups is 1. The third kappa shape index (κ3) is 5.96. The van der Waals surface area contributed by atoms with Crippen LogP contribution in [0.3, 0.4) is 0 Å². The molecular weight excluding hydrogens is 402 g/mol. The number of nitrogens with one attached hydrogen (secondary N) is 2. The second kappa shape index (κ2) is 10.7. The van der Waals surface area contributed by atoms with E-state index >= 15 is 0 Å². The van der Waals surface area contributed by atoms with Crippen molar-refractivity contribution in [3.05, 3.63) is 28.8 Å². The van der Waals surface area contributed by atoms with Crippen LogP contribution < -0.4 is 24.8 Å². The molecule has 2 aromatic rings. The predicted octanol–water partition coefficient (Wildman–Crippen LogP) is 2.76. The minimum absolute atomic E-state index is 0.137. The lowest BCUT2D eigenvalue weighted by atomic mass is 10.2. The van der Waals surface area contributed by atoms with Gasteiger partial charge in [0.15, 0.2) is 21.7 Å². The summed E-state index contributed by atoms with van der Waals surface area (Å²) in [6.07, 6.45) is 0.137. The van der Waals surface area contributed by atoms with Crippen LogP contribution in [-0.4, -0.2) is 44.0 Å². The van der Waals surface area contributed by atoms with Crippen LogP contribution in [0.25, 0.3) is 0 Å². The maximum absolute atomic E-state index is 11.5. The van der Waals surface area contributed by atoms with Gasteiger partial charge in [0.1, 0.15) is 0 Å². The van der Waals surface area contributed by atoms with E-state index in [0.29, 0.717) is 46.3 Å². The van der Waals surface area contributed by atoms with E-state index in [-0.39, 0.29) is 12.4 Å². The highest BCUT2D eigenvalue weighted by Crippen LogP contribution is 2.38. The zero-order chi connectivity index (χ0) is 20.5. The average molecular weight is 426 g/mol. The molecule has 0 unspecified atom stereocenters. The number of hydrogen-bond donors (Lipinski definition) is 2. The molecule has 28 heavy (non-hydrogen) atoms. The van der Waals surface area contributed by atoms with Crippen LogP contribution in [0.1, 0.15) is 18.2 Å². The SMILES string of the molecule is CCOC(=O)Cc1csc(NC(=S)NCc2cc(OC)c(OC)c(OC)c2)n1. The van der Waals surface area contributed by atoms with Crippen LogP contribution in [0.15, 0.2) is 17.5 Å². The van der Waals surface area contributed by atoms with E-state index in [1.165, 1.54) is 11.3 Å². The molecule has 0 fully saturated rings. The molecular formula is C18H23N3O5S2. The molecule has 1 aromatic carbocycles. The van der Waals surface area contributed by atoms with Gasteiger partial charge in [-0.3, -0.25) is 4.79 Å². The van der Waals surface area contributed by atoms with Gasteiger partial charge in [-0.05, 0) is 36.8 Å². The van der Waals surface area contributed by atoms with Gasteiger partial charge in [0.05, 0.1) is 40.1 Å². The highest BCUT2D eigenvalue weighted by atomic mass is 32.1. The molecule has 0 radical (unpaired) electrons. The lowest BCUT2D eigenvalue weighted by Crippen LogP contribution is -2.27. The molecule has 0 saturated carbocycles. The van der Waals surface area contributed by atoms with Crippen molar-refractivity contribution in [2.24, 2.45) is 0 Å². The molecule has 0 amide bonds. The topological polar surface area (TPSA) is 90.9 Å². The number of benzene rings is 1. The molecule has 0 saturated heterocycles. The van der Waals surface area contributed by atoms with Crippen molar-refractivity contribution >= 4 is 39.8 Å². The van der Waals surface area contributed by atoms with E-state index in [9.17, 15) is 4.79 Å². The van der Waals surface area contributed by atoms with Crippen molar-refractivity contribution in [3.8, 4) is 17.2 Å². The van der Waals surface area contributed by atoms with E-state index in [4.69, 9.17) is 31.2 Å². The van der Waals surface area contributed by atoms with Gasteiger partial charge < -0.3 is 29.6 Å². The maximum Gasteiger partial charge on any atom is 0.311 e. The second-order valence-corrected chi connectivity index (χ2v) is 6.73. The van der Waals surface area contributed by atoms with Crippen molar-refractivity contribution in [2.45, 2.75) is 19.9 Å². The van der Waals surface area contributed by atoms with Gasteiger partial charge >= 0.3 is 5.97 Å². The number of thiazole rings is 1. The lowest BCUT2D eigenvalue weighted by molar-refractivity contribution is -0.142. The summed E-state index contributed by atoms with van der Waals surface area (Å²) in [4.78, 5) is 15.8. The summed E-state index contributed by atoms with van der Waals surface area (Å²) in [6.45, 7) is 2.57. The maximum atomic E-state index is 11.5. The number of nitrogens with zero attached hydrogens (tertiary/aromatic N) is 1. The fraction of sp³-hybridized carbons (Fsp3) is 0.389. The van der Waals surface area contributed by atoms with Crippen LogP contribution in [0.5, 0.6) is 17.2 Å². The minimum Gasteiger partial charge on any atom is -0.493 e. The van der Waals surface area contributed by atoms with Gasteiger partial charge in [-0.2, -0.15) is 0 Å². The number of carbonyl (C=O) groups excluding carboxylic acids is 1. The standard InChI is InChI=1S/C18H23N3O5S2/c1-5-26-15(22)8-12-10-28-18(20-12)21-17(27)19-9-11-6-13(23-2)16(25-4)14(7-11)24-3/h6-7,10H,5,8-9H2,1-4H3,(H2,19,20,21,27). The van der Waals surface area contributed by atoms with Crippen LogP contribution >= 0.6 is 23.6 Å². The summed E-state index contributed by atoms with van der Waals surface area (Å²) >= 11 is 6.67. The number of rotatable bonds is 9. The molecule has 2 rings (SSSR count). The molecule has 8 nitrogen and oxygen atoms in total. The normalized spacial score (nSPS) is 10.1. The molecule has 2 N–H and O–H groups in total. The molecule has 1 heterocycles. The fourth-order valence-corrected chi connectivity index (χ4v) is 3.31. The average Bonchev–Trinajstić information content (AvgIpc) is 3.11. The molecule has 0 bridgehead atoms. The van der Waals surface area contributed by atoms with Crippen molar-refractivity contribution in [2.75, 3.05) is 33.3 Å². The molecule has 0 aliphatic rings. The number of methoxy groups -OCH3 is 3. The van der Waals surface area contributed by atoms with Gasteiger partial charge in [0.25, 0.3) is 0 Å². The molecule has 0 atom stereocenters. The Bertz CT molecular complexity index is 800. The Labute approximate surface area is 173 Å². The Morgan fingerprint density at radius 3 is 2.43 bits per heavy atom. The molecule has 10 heteroatoms. The summed E-state index contributed by atoms with van der Waals surface area (Å²) < 4.78 is 20.9. The van der Waals surface area contributed by atoms with Crippen LogP contribution in [0.2, 0.25) is 0 Å². The summed E-state index contributed by atoms with van der Waals surface area (Å²) in [5.74, 6) is 1.37. The Morgan fingerprint density at radius 2 is 1.86 bits per heavy atom.